The second-order valence-electron chi connectivity index (χ2n) is 6.62. The molecule has 1 rings (SSSR count). The lowest BCUT2D eigenvalue weighted by Crippen LogP contribution is -2.55. The maximum atomic E-state index is 12.5. The number of carbonyl (C=O) groups is 4. The number of carbonyl (C=O) groups excluding carboxylic acids is 3. The third kappa shape index (κ3) is 8.11. The van der Waals surface area contributed by atoms with Crippen LogP contribution in [0.2, 0.25) is 0 Å². The van der Waals surface area contributed by atoms with Gasteiger partial charge in [-0.3, -0.25) is 14.4 Å². The van der Waals surface area contributed by atoms with Gasteiger partial charge < -0.3 is 31.8 Å². The van der Waals surface area contributed by atoms with Gasteiger partial charge in [0.15, 0.2) is 0 Å². The predicted octanol–water partition coefficient (Wildman–Crippen LogP) is -1.57. The lowest BCUT2D eigenvalue weighted by atomic mass is 9.99. The van der Waals surface area contributed by atoms with Gasteiger partial charge in [-0.2, -0.15) is 12.6 Å². The number of carboxylic acid groups (broad SMARTS) is 1. The minimum absolute atomic E-state index is 0.0961. The number of hydrogen-bond donors (Lipinski definition) is 7. The standard InChI is InChI=1S/C17H28N6O5S/c1-3-9(2)14(17(27)28)23-13(24)6-20-16(26)12(4-10-5-19-8-21-10)22-15(25)11(18)7-29/h5,8-9,11-12,14,29H,3-4,6-7,18H2,1-2H3,(H,19,21)(H,20,26)(H,22,25)(H,23,24)(H,27,28). The van der Waals surface area contributed by atoms with Crippen LogP contribution in [0.15, 0.2) is 12.5 Å². The van der Waals surface area contributed by atoms with Crippen molar-refractivity contribution in [3.05, 3.63) is 18.2 Å². The fourth-order valence-corrected chi connectivity index (χ4v) is 2.55. The summed E-state index contributed by atoms with van der Waals surface area (Å²) >= 11 is 3.96. The van der Waals surface area contributed by atoms with Crippen molar-refractivity contribution in [1.29, 1.82) is 0 Å². The van der Waals surface area contributed by atoms with Crippen molar-refractivity contribution < 1.29 is 24.3 Å². The highest BCUT2D eigenvalue weighted by Gasteiger charge is 2.27. The third-order valence-corrected chi connectivity index (χ3v) is 4.76. The van der Waals surface area contributed by atoms with E-state index in [1.165, 1.54) is 12.5 Å². The number of aromatic amines is 1. The Bertz CT molecular complexity index is 698. The number of rotatable bonds is 12. The molecule has 0 saturated carbocycles. The molecule has 0 radical (unpaired) electrons. The fourth-order valence-electron chi connectivity index (χ4n) is 2.39. The SMILES string of the molecule is CCC(C)C(NC(=O)CNC(=O)C(Cc1cnc[nH]1)NC(=O)C(N)CS)C(=O)O. The average molecular weight is 429 g/mol. The van der Waals surface area contributed by atoms with Crippen LogP contribution >= 0.6 is 12.6 Å². The number of nitrogens with two attached hydrogens (primary N) is 1. The number of amides is 3. The molecule has 11 nitrogen and oxygen atoms in total. The monoisotopic (exact) mass is 428 g/mol. The van der Waals surface area contributed by atoms with Crippen LogP contribution in [-0.2, 0) is 25.6 Å². The lowest BCUT2D eigenvalue weighted by molar-refractivity contribution is -0.143. The van der Waals surface area contributed by atoms with Crippen LogP contribution in [0.1, 0.15) is 26.0 Å². The van der Waals surface area contributed by atoms with E-state index in [4.69, 9.17) is 5.73 Å². The number of imidazole rings is 1. The third-order valence-electron chi connectivity index (χ3n) is 4.36. The molecule has 0 aliphatic rings. The van der Waals surface area contributed by atoms with E-state index in [9.17, 15) is 24.3 Å². The minimum Gasteiger partial charge on any atom is -0.480 e. The summed E-state index contributed by atoms with van der Waals surface area (Å²) in [5.74, 6) is -3.16. The number of nitrogens with zero attached hydrogens (tertiary/aromatic N) is 1. The Kier molecular flexibility index (Phi) is 10.2. The van der Waals surface area contributed by atoms with Gasteiger partial charge in [0.05, 0.1) is 18.9 Å². The van der Waals surface area contributed by atoms with Gasteiger partial charge in [0, 0.05) is 24.1 Å². The van der Waals surface area contributed by atoms with Gasteiger partial charge >= 0.3 is 5.97 Å². The number of carboxylic acids is 1. The molecule has 1 heterocycles. The molecule has 0 spiro atoms. The first kappa shape index (κ1) is 24.4. The van der Waals surface area contributed by atoms with Crippen LogP contribution < -0.4 is 21.7 Å². The Labute approximate surface area is 174 Å². The smallest absolute Gasteiger partial charge is 0.326 e. The summed E-state index contributed by atoms with van der Waals surface area (Å²) in [5, 5.41) is 16.5. The normalized spacial score (nSPS) is 14.9. The van der Waals surface area contributed by atoms with Crippen molar-refractivity contribution in [3.8, 4) is 0 Å². The minimum atomic E-state index is -1.15. The van der Waals surface area contributed by atoms with E-state index in [0.717, 1.165) is 0 Å². The summed E-state index contributed by atoms with van der Waals surface area (Å²) in [6.45, 7) is 3.08. The number of aromatic nitrogens is 2. The highest BCUT2D eigenvalue weighted by molar-refractivity contribution is 7.80. The molecule has 0 aliphatic carbocycles. The van der Waals surface area contributed by atoms with Crippen molar-refractivity contribution in [1.82, 2.24) is 25.9 Å². The molecular formula is C17H28N6O5S. The van der Waals surface area contributed by atoms with E-state index in [1.54, 1.807) is 6.92 Å². The Balaban J connectivity index is 2.71. The molecule has 0 aromatic carbocycles. The van der Waals surface area contributed by atoms with Crippen LogP contribution in [0.25, 0.3) is 0 Å². The molecule has 0 aliphatic heterocycles. The Morgan fingerprint density at radius 2 is 1.97 bits per heavy atom. The number of nitrogens with one attached hydrogen (secondary N) is 4. The molecular weight excluding hydrogens is 400 g/mol. The summed E-state index contributed by atoms with van der Waals surface area (Å²) in [6.07, 6.45) is 3.59. The van der Waals surface area contributed by atoms with E-state index < -0.39 is 48.4 Å². The number of thiol groups is 1. The molecule has 4 unspecified atom stereocenters. The first-order valence-corrected chi connectivity index (χ1v) is 9.76. The second kappa shape index (κ2) is 12.1. The summed E-state index contributed by atoms with van der Waals surface area (Å²) in [6, 6.07) is -2.96. The molecule has 4 atom stereocenters. The summed E-state index contributed by atoms with van der Waals surface area (Å²) in [5.41, 5.74) is 6.22. The zero-order valence-electron chi connectivity index (χ0n) is 16.3. The van der Waals surface area contributed by atoms with E-state index in [2.05, 4.69) is 38.5 Å². The molecule has 1 aromatic heterocycles. The van der Waals surface area contributed by atoms with E-state index >= 15 is 0 Å². The molecule has 0 fully saturated rings. The molecule has 12 heteroatoms. The zero-order valence-corrected chi connectivity index (χ0v) is 17.2. The van der Waals surface area contributed by atoms with Crippen LogP contribution in [0, 0.1) is 5.92 Å². The van der Waals surface area contributed by atoms with Crippen LogP contribution in [0.3, 0.4) is 0 Å². The fraction of sp³-hybridized carbons (Fsp3) is 0.588. The molecule has 0 bridgehead atoms. The van der Waals surface area contributed by atoms with Gasteiger partial charge in [-0.25, -0.2) is 9.78 Å². The Morgan fingerprint density at radius 3 is 2.48 bits per heavy atom. The Morgan fingerprint density at radius 1 is 1.28 bits per heavy atom. The first-order chi connectivity index (χ1) is 13.7. The van der Waals surface area contributed by atoms with Crippen molar-refractivity contribution in [2.45, 2.75) is 44.8 Å². The van der Waals surface area contributed by atoms with Crippen molar-refractivity contribution in [2.24, 2.45) is 11.7 Å². The summed E-state index contributed by atoms with van der Waals surface area (Å²) < 4.78 is 0. The molecule has 162 valence electrons. The summed E-state index contributed by atoms with van der Waals surface area (Å²) in [4.78, 5) is 54.6. The molecule has 1 aromatic rings. The van der Waals surface area contributed by atoms with Gasteiger partial charge in [-0.1, -0.05) is 20.3 Å². The summed E-state index contributed by atoms with van der Waals surface area (Å²) in [7, 11) is 0. The van der Waals surface area contributed by atoms with Gasteiger partial charge in [0.1, 0.15) is 12.1 Å². The maximum absolute atomic E-state index is 12.5. The van der Waals surface area contributed by atoms with Gasteiger partial charge in [0.25, 0.3) is 0 Å². The van der Waals surface area contributed by atoms with Crippen molar-refractivity contribution in [3.63, 3.8) is 0 Å². The van der Waals surface area contributed by atoms with E-state index in [1.807, 2.05) is 6.92 Å². The average Bonchev–Trinajstić information content (AvgIpc) is 3.21. The van der Waals surface area contributed by atoms with E-state index in [0.29, 0.717) is 12.1 Å². The Hall–Kier alpha value is -2.60. The highest BCUT2D eigenvalue weighted by Crippen LogP contribution is 2.07. The number of hydrogen-bond acceptors (Lipinski definition) is 7. The maximum Gasteiger partial charge on any atom is 0.326 e. The van der Waals surface area contributed by atoms with Gasteiger partial charge in [-0.15, -0.1) is 0 Å². The predicted molar refractivity (Wildman–Crippen MR) is 108 cm³/mol. The van der Waals surface area contributed by atoms with Gasteiger partial charge in [-0.05, 0) is 5.92 Å². The lowest BCUT2D eigenvalue weighted by Gasteiger charge is -2.22. The highest BCUT2D eigenvalue weighted by atomic mass is 32.1. The number of aliphatic carboxylic acids is 1. The molecule has 29 heavy (non-hydrogen) atoms. The van der Waals surface area contributed by atoms with Crippen LogP contribution in [0.4, 0.5) is 0 Å². The van der Waals surface area contributed by atoms with Crippen LogP contribution in [0.5, 0.6) is 0 Å². The van der Waals surface area contributed by atoms with Crippen LogP contribution in [-0.4, -0.2) is 69.2 Å². The van der Waals surface area contributed by atoms with E-state index in [-0.39, 0.29) is 18.1 Å². The quantitative estimate of drug-likeness (QED) is 0.196. The largest absolute Gasteiger partial charge is 0.480 e. The second-order valence-corrected chi connectivity index (χ2v) is 6.98. The topological polar surface area (TPSA) is 179 Å². The molecule has 0 saturated heterocycles. The number of H-pyrrole nitrogens is 1. The van der Waals surface area contributed by atoms with Crippen molar-refractivity contribution >= 4 is 36.3 Å². The van der Waals surface area contributed by atoms with Crippen molar-refractivity contribution in [2.75, 3.05) is 12.3 Å². The van der Waals surface area contributed by atoms with Gasteiger partial charge in [0.2, 0.25) is 17.7 Å². The molecule has 3 amide bonds. The zero-order chi connectivity index (χ0) is 22.0. The molecule has 7 N–H and O–H groups in total. The first-order valence-electron chi connectivity index (χ1n) is 9.13.